The Balaban J connectivity index is 0.000000187. The zero-order valence-corrected chi connectivity index (χ0v) is 24.3. The molecule has 16 heteroatoms. The number of rotatable bonds is 3. The number of halogens is 5. The number of pyridine rings is 2. The quantitative estimate of drug-likeness (QED) is 0.158. The first-order valence-electron chi connectivity index (χ1n) is 11.2. The third-order valence-electron chi connectivity index (χ3n) is 5.30. The van der Waals surface area contributed by atoms with Gasteiger partial charge in [0.1, 0.15) is 21.9 Å². The smallest absolute Gasteiger partial charge is 0.283 e. The normalized spacial score (nSPS) is 11.9. The second-order valence-electron chi connectivity index (χ2n) is 8.08. The molecule has 42 heavy (non-hydrogen) atoms. The zero-order chi connectivity index (χ0) is 29.8. The molecule has 0 saturated carbocycles. The average molecular weight is 675 g/mol. The number of hydrogen-bond donors (Lipinski definition) is 0. The monoisotopic (exact) mass is 673 g/mol. The van der Waals surface area contributed by atoms with Crippen LogP contribution in [0.4, 0.5) is 8.78 Å². The molecule has 4 heterocycles. The van der Waals surface area contributed by atoms with E-state index in [1.807, 2.05) is 12.3 Å². The summed E-state index contributed by atoms with van der Waals surface area (Å²) in [4.78, 5) is 11.7. The fourth-order valence-corrected chi connectivity index (χ4v) is 5.71. The summed E-state index contributed by atoms with van der Waals surface area (Å²) in [6.07, 6.45) is 6.37. The van der Waals surface area contributed by atoms with Crippen molar-refractivity contribution in [2.75, 3.05) is 0 Å². The first-order valence-corrected chi connectivity index (χ1v) is 15.7. The molecule has 1 aliphatic rings. The van der Waals surface area contributed by atoms with Crippen LogP contribution in [-0.4, -0.2) is 42.2 Å². The van der Waals surface area contributed by atoms with E-state index in [-0.39, 0.29) is 22.4 Å². The largest absolute Gasteiger partial charge is 0.288 e. The lowest BCUT2D eigenvalue weighted by Crippen LogP contribution is -2.14. The number of benzene rings is 2. The fourth-order valence-electron chi connectivity index (χ4n) is 3.34. The van der Waals surface area contributed by atoms with Crippen LogP contribution in [0.1, 0.15) is 18.6 Å². The van der Waals surface area contributed by atoms with E-state index in [0.29, 0.717) is 16.1 Å². The van der Waals surface area contributed by atoms with Gasteiger partial charge < -0.3 is 0 Å². The van der Waals surface area contributed by atoms with Crippen molar-refractivity contribution in [3.8, 4) is 0 Å². The van der Waals surface area contributed by atoms with Gasteiger partial charge in [0.15, 0.2) is 0 Å². The van der Waals surface area contributed by atoms with E-state index in [4.69, 9.17) is 33.9 Å². The first kappa shape index (κ1) is 33.0. The van der Waals surface area contributed by atoms with Gasteiger partial charge in [-0.2, -0.15) is 17.6 Å². The Kier molecular flexibility index (Phi) is 10.7. The molecule has 0 bridgehead atoms. The fraction of sp³-hybridized carbons (Fsp3) is 0.0769. The summed E-state index contributed by atoms with van der Waals surface area (Å²) >= 11 is 11.4. The molecule has 0 spiro atoms. The molecule has 220 valence electrons. The van der Waals surface area contributed by atoms with Crippen molar-refractivity contribution in [3.63, 3.8) is 0 Å². The van der Waals surface area contributed by atoms with Gasteiger partial charge in [-0.05, 0) is 60.2 Å². The molecule has 2 aromatic carbocycles. The summed E-state index contributed by atoms with van der Waals surface area (Å²) in [5.41, 5.74) is 2.57. The van der Waals surface area contributed by atoms with Crippen LogP contribution in [-0.2, 0) is 25.6 Å². The van der Waals surface area contributed by atoms with Crippen molar-refractivity contribution in [1.82, 2.24) is 19.2 Å². The van der Waals surface area contributed by atoms with Crippen LogP contribution in [0.5, 0.6) is 0 Å². The molecule has 0 fully saturated rings. The summed E-state index contributed by atoms with van der Waals surface area (Å²) in [6, 6.07) is 12.1. The Morgan fingerprint density at radius 1 is 0.762 bits per heavy atom. The minimum atomic E-state index is -3.90. The summed E-state index contributed by atoms with van der Waals surface area (Å²) in [7, 11) is -2.66. The van der Waals surface area contributed by atoms with Gasteiger partial charge in [-0.15, -0.1) is 0 Å². The molecule has 0 atom stereocenters. The molecule has 6 rings (SSSR count). The van der Waals surface area contributed by atoms with Gasteiger partial charge in [-0.1, -0.05) is 30.6 Å². The Morgan fingerprint density at radius 2 is 1.31 bits per heavy atom. The van der Waals surface area contributed by atoms with Crippen LogP contribution in [0, 0.1) is 11.6 Å². The van der Waals surface area contributed by atoms with Crippen molar-refractivity contribution in [2.45, 2.75) is 23.8 Å². The second-order valence-corrected chi connectivity index (χ2v) is 13.2. The molecule has 1 aliphatic heterocycles. The highest BCUT2D eigenvalue weighted by molar-refractivity contribution is 8.13. The molecule has 3 aromatic heterocycles. The summed E-state index contributed by atoms with van der Waals surface area (Å²) in [5.74, 6) is -1.00. The maximum absolute atomic E-state index is 12.9. The molecular formula is C26H20Cl3F2N5O4S2. The predicted octanol–water partition coefficient (Wildman–Crippen LogP) is 6.52. The van der Waals surface area contributed by atoms with E-state index in [1.54, 1.807) is 6.20 Å². The van der Waals surface area contributed by atoms with Gasteiger partial charge in [-0.25, -0.2) is 27.2 Å². The summed E-state index contributed by atoms with van der Waals surface area (Å²) in [5, 5.41) is 5.09. The number of nitrogens with zero attached hydrogens (tertiary/aromatic N) is 5. The van der Waals surface area contributed by atoms with E-state index in [9.17, 15) is 25.6 Å². The van der Waals surface area contributed by atoms with E-state index in [1.165, 1.54) is 36.2 Å². The van der Waals surface area contributed by atoms with Gasteiger partial charge in [0.25, 0.3) is 19.1 Å². The van der Waals surface area contributed by atoms with Crippen LogP contribution < -0.4 is 0 Å². The zero-order valence-electron chi connectivity index (χ0n) is 20.4. The number of aromatic nitrogens is 4. The van der Waals surface area contributed by atoms with E-state index in [2.05, 4.69) is 20.1 Å². The van der Waals surface area contributed by atoms with Gasteiger partial charge in [0.2, 0.25) is 0 Å². The maximum Gasteiger partial charge on any atom is 0.283 e. The molecule has 5 aromatic rings. The number of hydrogen-bond acceptors (Lipinski definition) is 8. The molecule has 0 N–H and O–H groups in total. The Bertz CT molecular complexity index is 1950. The highest BCUT2D eigenvalue weighted by Gasteiger charge is 2.20. The van der Waals surface area contributed by atoms with Gasteiger partial charge >= 0.3 is 0 Å². The van der Waals surface area contributed by atoms with Gasteiger partial charge in [0.05, 0.1) is 28.0 Å². The van der Waals surface area contributed by atoms with Crippen LogP contribution in [0.2, 0.25) is 10.3 Å². The third kappa shape index (κ3) is 8.07. The van der Waals surface area contributed by atoms with Crippen molar-refractivity contribution in [2.24, 2.45) is 4.99 Å². The first-order chi connectivity index (χ1) is 19.3. The summed E-state index contributed by atoms with van der Waals surface area (Å²) < 4.78 is 72.0. The van der Waals surface area contributed by atoms with Crippen molar-refractivity contribution < 1.29 is 25.6 Å². The number of aliphatic imine (C=N–C) groups is 1. The number of fused-ring (bicyclic) bond motifs is 2. The molecule has 0 unspecified atom stereocenters. The van der Waals surface area contributed by atoms with Crippen LogP contribution in [0.15, 0.2) is 94.0 Å². The van der Waals surface area contributed by atoms with Crippen LogP contribution in [0.3, 0.4) is 0 Å². The SMILES string of the molecule is C.Clc1cc2c(cn1)C=NC2.O=S(=O)(Cl)c1ccc(F)cc1.O=S(=O)(c1ccc(F)cc1)n1ncc2cnc(Cl)cc21. The predicted molar refractivity (Wildman–Crippen MR) is 158 cm³/mol. The van der Waals surface area contributed by atoms with Crippen molar-refractivity contribution in [1.29, 1.82) is 0 Å². The van der Waals surface area contributed by atoms with Gasteiger partial charge in [-0.3, -0.25) is 4.99 Å². The minimum Gasteiger partial charge on any atom is -0.288 e. The van der Waals surface area contributed by atoms with Crippen LogP contribution >= 0.6 is 33.9 Å². The molecule has 0 radical (unpaired) electrons. The maximum atomic E-state index is 12.9. The van der Waals surface area contributed by atoms with E-state index < -0.39 is 30.7 Å². The average Bonchev–Trinajstić information content (AvgIpc) is 3.56. The Morgan fingerprint density at radius 3 is 1.90 bits per heavy atom. The summed E-state index contributed by atoms with van der Waals surface area (Å²) in [6.45, 7) is 0.748. The molecule has 9 nitrogen and oxygen atoms in total. The lowest BCUT2D eigenvalue weighted by Gasteiger charge is -2.05. The van der Waals surface area contributed by atoms with Crippen molar-refractivity contribution >= 4 is 70.1 Å². The lowest BCUT2D eigenvalue weighted by molar-refractivity contribution is 0.581. The molecule has 0 aliphatic carbocycles. The van der Waals surface area contributed by atoms with Gasteiger partial charge in [0, 0.05) is 46.3 Å². The van der Waals surface area contributed by atoms with Crippen molar-refractivity contribution in [3.05, 3.63) is 112 Å². The highest BCUT2D eigenvalue weighted by Crippen LogP contribution is 2.22. The highest BCUT2D eigenvalue weighted by atomic mass is 35.7. The van der Waals surface area contributed by atoms with Crippen LogP contribution in [0.25, 0.3) is 10.9 Å². The molecular weight excluding hydrogens is 655 g/mol. The standard InChI is InChI=1S/C12H7ClFN3O2S.C7H5ClN2.C6H4ClFO2S.CH4/c13-12-5-11-8(6-15-12)7-16-17(11)20(18,19)10-3-1-9(14)2-4-10;8-7-1-5-2-9-3-6(5)4-10-7;7-11(9,10)6-3-1-5(8)2-4-6;/h1-7H;1,3-4H,2H2;1-4H;1H4. The minimum absolute atomic E-state index is 0. The molecule has 0 amide bonds. The molecule has 0 saturated heterocycles. The van der Waals surface area contributed by atoms with E-state index in [0.717, 1.165) is 52.6 Å². The lowest BCUT2D eigenvalue weighted by atomic mass is 10.2. The topological polar surface area (TPSA) is 124 Å². The van der Waals surface area contributed by atoms with E-state index >= 15 is 0 Å². The Hall–Kier alpha value is -3.49. The second kappa shape index (κ2) is 13.7. The third-order valence-corrected chi connectivity index (χ3v) is 8.70. The Labute approximate surface area is 254 Å².